The third-order valence-corrected chi connectivity index (χ3v) is 4.72. The zero-order valence-electron chi connectivity index (χ0n) is 15.0. The molecule has 2 aromatic rings. The number of nitrogens with zero attached hydrogens (tertiary/aromatic N) is 1. The van der Waals surface area contributed by atoms with E-state index in [1.165, 1.54) is 22.3 Å². The summed E-state index contributed by atoms with van der Waals surface area (Å²) in [5.41, 5.74) is 5.39. The normalized spacial score (nSPS) is 13.4. The molecule has 3 rings (SSSR count). The highest BCUT2D eigenvalue weighted by atomic mass is 16.5. The molecule has 1 N–H and O–H groups in total. The lowest BCUT2D eigenvalue weighted by Crippen LogP contribution is -2.25. The molecule has 0 saturated carbocycles. The molecule has 1 aliphatic heterocycles. The Balaban J connectivity index is 1.53. The molecule has 1 aliphatic rings. The maximum absolute atomic E-state index is 5.56. The number of ether oxygens (including phenoxy) is 1. The molecule has 3 heteroatoms. The van der Waals surface area contributed by atoms with Gasteiger partial charge in [-0.25, -0.2) is 0 Å². The van der Waals surface area contributed by atoms with Crippen LogP contribution in [0.3, 0.4) is 0 Å². The van der Waals surface area contributed by atoms with Crippen molar-refractivity contribution in [3.63, 3.8) is 0 Å². The van der Waals surface area contributed by atoms with Gasteiger partial charge >= 0.3 is 0 Å². The maximum atomic E-state index is 5.56. The van der Waals surface area contributed by atoms with E-state index in [4.69, 9.17) is 4.74 Å². The van der Waals surface area contributed by atoms with Gasteiger partial charge in [-0.1, -0.05) is 36.4 Å². The van der Waals surface area contributed by atoms with Crippen LogP contribution in [0, 0.1) is 0 Å². The highest BCUT2D eigenvalue weighted by Gasteiger charge is 2.11. The molecule has 0 bridgehead atoms. The molecule has 2 aromatic carbocycles. The van der Waals surface area contributed by atoms with Gasteiger partial charge in [0, 0.05) is 32.1 Å². The topological polar surface area (TPSA) is 24.5 Å². The van der Waals surface area contributed by atoms with Crippen LogP contribution in [0.4, 0.5) is 0 Å². The molecule has 0 saturated heterocycles. The Bertz CT molecular complexity index is 681. The van der Waals surface area contributed by atoms with Crippen molar-refractivity contribution in [3.05, 3.63) is 64.7 Å². The number of hydrogen-bond donors (Lipinski definition) is 1. The zero-order chi connectivity index (χ0) is 16.9. The van der Waals surface area contributed by atoms with Crippen molar-refractivity contribution in [1.82, 2.24) is 10.2 Å². The van der Waals surface area contributed by atoms with E-state index in [1.807, 2.05) is 0 Å². The van der Waals surface area contributed by atoms with Gasteiger partial charge in [0.1, 0.15) is 5.75 Å². The van der Waals surface area contributed by atoms with Crippen LogP contribution in [0.2, 0.25) is 0 Å². The first-order chi connectivity index (χ1) is 11.6. The van der Waals surface area contributed by atoms with Crippen LogP contribution < -0.4 is 10.1 Å². The van der Waals surface area contributed by atoms with E-state index in [0.717, 1.165) is 38.4 Å². The van der Waals surface area contributed by atoms with Crippen LogP contribution in [0.5, 0.6) is 5.75 Å². The lowest BCUT2D eigenvalue weighted by molar-refractivity contribution is 0.266. The van der Waals surface area contributed by atoms with Crippen molar-refractivity contribution >= 4 is 0 Å². The van der Waals surface area contributed by atoms with Crippen LogP contribution in [-0.4, -0.2) is 24.6 Å². The molecule has 0 aromatic heterocycles. The molecule has 24 heavy (non-hydrogen) atoms. The van der Waals surface area contributed by atoms with Crippen LogP contribution in [0.25, 0.3) is 0 Å². The lowest BCUT2D eigenvalue weighted by atomic mass is 10.1. The molecule has 0 unspecified atom stereocenters. The van der Waals surface area contributed by atoms with Crippen molar-refractivity contribution in [2.75, 3.05) is 13.7 Å². The van der Waals surface area contributed by atoms with E-state index in [0.29, 0.717) is 6.04 Å². The first-order valence-corrected chi connectivity index (χ1v) is 8.85. The van der Waals surface area contributed by atoms with Crippen LogP contribution in [0.15, 0.2) is 42.5 Å². The smallest absolute Gasteiger partial charge is 0.122 e. The monoisotopic (exact) mass is 324 g/mol. The second-order valence-electron chi connectivity index (χ2n) is 6.97. The van der Waals surface area contributed by atoms with Crippen molar-refractivity contribution in [2.24, 2.45) is 0 Å². The third kappa shape index (κ3) is 4.37. The number of rotatable bonds is 7. The highest BCUT2D eigenvalue weighted by molar-refractivity contribution is 5.39. The molecule has 0 amide bonds. The van der Waals surface area contributed by atoms with Crippen LogP contribution in [-0.2, 0) is 26.1 Å². The van der Waals surface area contributed by atoms with E-state index in [9.17, 15) is 0 Å². The SMILES string of the molecule is CC(C)N(C)Cc1cccc(CNCc2ccc3c(c2)CCO3)c1. The number of nitrogens with one attached hydrogen (secondary N) is 1. The Morgan fingerprint density at radius 3 is 2.58 bits per heavy atom. The molecule has 0 radical (unpaired) electrons. The zero-order valence-corrected chi connectivity index (χ0v) is 15.0. The van der Waals surface area contributed by atoms with E-state index in [2.05, 4.69) is 73.6 Å². The summed E-state index contributed by atoms with van der Waals surface area (Å²) in [6.45, 7) is 8.07. The Hall–Kier alpha value is -1.84. The van der Waals surface area contributed by atoms with Crippen LogP contribution >= 0.6 is 0 Å². The summed E-state index contributed by atoms with van der Waals surface area (Å²) < 4.78 is 5.56. The molecular weight excluding hydrogens is 296 g/mol. The molecule has 0 fully saturated rings. The summed E-state index contributed by atoms with van der Waals surface area (Å²) in [6.07, 6.45) is 1.04. The highest BCUT2D eigenvalue weighted by Crippen LogP contribution is 2.25. The van der Waals surface area contributed by atoms with Gasteiger partial charge in [0.2, 0.25) is 0 Å². The Kier molecular flexibility index (Phi) is 5.54. The quantitative estimate of drug-likeness (QED) is 0.839. The Morgan fingerprint density at radius 2 is 1.79 bits per heavy atom. The fraction of sp³-hybridized carbons (Fsp3) is 0.429. The van der Waals surface area contributed by atoms with E-state index in [-0.39, 0.29) is 0 Å². The summed E-state index contributed by atoms with van der Waals surface area (Å²) in [4.78, 5) is 2.36. The van der Waals surface area contributed by atoms with Gasteiger partial charge in [-0.3, -0.25) is 4.90 Å². The van der Waals surface area contributed by atoms with E-state index >= 15 is 0 Å². The summed E-state index contributed by atoms with van der Waals surface area (Å²) in [6, 6.07) is 16.0. The summed E-state index contributed by atoms with van der Waals surface area (Å²) in [5, 5.41) is 3.56. The average Bonchev–Trinajstić information content (AvgIpc) is 3.03. The van der Waals surface area contributed by atoms with E-state index in [1.54, 1.807) is 0 Å². The minimum atomic E-state index is 0.565. The van der Waals surface area contributed by atoms with Gasteiger partial charge in [-0.15, -0.1) is 0 Å². The molecule has 1 heterocycles. The fourth-order valence-electron chi connectivity index (χ4n) is 3.01. The first-order valence-electron chi connectivity index (χ1n) is 8.85. The van der Waals surface area contributed by atoms with Gasteiger partial charge in [0.05, 0.1) is 6.61 Å². The second kappa shape index (κ2) is 7.82. The molecule has 0 atom stereocenters. The minimum Gasteiger partial charge on any atom is -0.493 e. The second-order valence-corrected chi connectivity index (χ2v) is 6.97. The summed E-state index contributed by atoms with van der Waals surface area (Å²) in [7, 11) is 2.17. The summed E-state index contributed by atoms with van der Waals surface area (Å²) in [5.74, 6) is 1.06. The molecule has 3 nitrogen and oxygen atoms in total. The molecule has 0 aliphatic carbocycles. The Morgan fingerprint density at radius 1 is 1.04 bits per heavy atom. The minimum absolute atomic E-state index is 0.565. The largest absolute Gasteiger partial charge is 0.493 e. The van der Waals surface area contributed by atoms with Crippen LogP contribution in [0.1, 0.15) is 36.1 Å². The van der Waals surface area contributed by atoms with E-state index < -0.39 is 0 Å². The molecular formula is C21H28N2O. The fourth-order valence-corrected chi connectivity index (χ4v) is 3.01. The Labute approximate surface area is 145 Å². The van der Waals surface area contributed by atoms with Gasteiger partial charge < -0.3 is 10.1 Å². The number of hydrogen-bond acceptors (Lipinski definition) is 3. The standard InChI is InChI=1S/C21H28N2O/c1-16(2)23(3)15-19-6-4-5-17(11-19)13-22-14-18-7-8-21-20(12-18)9-10-24-21/h4-8,11-12,16,22H,9-10,13-15H2,1-3H3. The van der Waals surface area contributed by atoms with Gasteiger partial charge in [0.15, 0.2) is 0 Å². The molecule has 128 valence electrons. The van der Waals surface area contributed by atoms with Crippen molar-refractivity contribution in [1.29, 1.82) is 0 Å². The number of benzene rings is 2. The van der Waals surface area contributed by atoms with Crippen molar-refractivity contribution in [3.8, 4) is 5.75 Å². The van der Waals surface area contributed by atoms with Gasteiger partial charge in [-0.05, 0) is 49.2 Å². The number of fused-ring (bicyclic) bond motifs is 1. The maximum Gasteiger partial charge on any atom is 0.122 e. The predicted molar refractivity (Wildman–Crippen MR) is 99.2 cm³/mol. The third-order valence-electron chi connectivity index (χ3n) is 4.72. The van der Waals surface area contributed by atoms with Crippen molar-refractivity contribution < 1.29 is 4.74 Å². The van der Waals surface area contributed by atoms with Crippen molar-refractivity contribution in [2.45, 2.75) is 45.9 Å². The average molecular weight is 324 g/mol. The first kappa shape index (κ1) is 17.0. The van der Waals surface area contributed by atoms with Gasteiger partial charge in [0.25, 0.3) is 0 Å². The summed E-state index contributed by atoms with van der Waals surface area (Å²) >= 11 is 0. The molecule has 0 spiro atoms. The predicted octanol–water partition coefficient (Wildman–Crippen LogP) is 3.75. The lowest BCUT2D eigenvalue weighted by Gasteiger charge is -2.21. The van der Waals surface area contributed by atoms with Gasteiger partial charge in [-0.2, -0.15) is 0 Å².